The van der Waals surface area contributed by atoms with Crippen molar-refractivity contribution in [3.63, 3.8) is 0 Å². The second-order valence-corrected chi connectivity index (χ2v) is 4.65. The Morgan fingerprint density at radius 1 is 1.23 bits per heavy atom. The molecule has 1 N–H and O–H groups in total. The predicted octanol–water partition coefficient (Wildman–Crippen LogP) is 3.06. The van der Waals surface area contributed by atoms with Crippen LogP contribution in [0.3, 0.4) is 0 Å². The average molecular weight is 298 g/mol. The van der Waals surface area contributed by atoms with E-state index >= 15 is 0 Å². The lowest BCUT2D eigenvalue weighted by atomic mass is 10.2. The Labute approximate surface area is 126 Å². The molecule has 0 fully saturated rings. The Morgan fingerprint density at radius 3 is 2.77 bits per heavy atom. The Bertz CT molecular complexity index is 771. The van der Waals surface area contributed by atoms with Crippen LogP contribution in [0.25, 0.3) is 11.4 Å². The second kappa shape index (κ2) is 6.25. The van der Waals surface area contributed by atoms with E-state index in [1.165, 1.54) is 6.07 Å². The van der Waals surface area contributed by atoms with Gasteiger partial charge in [0.15, 0.2) is 0 Å². The first-order valence-electron chi connectivity index (χ1n) is 6.91. The summed E-state index contributed by atoms with van der Waals surface area (Å²) in [5, 5.41) is 14.5. The smallest absolute Gasteiger partial charge is 0.251 e. The van der Waals surface area contributed by atoms with Crippen LogP contribution in [0.5, 0.6) is 5.75 Å². The van der Waals surface area contributed by atoms with Gasteiger partial charge in [-0.2, -0.15) is 0 Å². The fraction of sp³-hybridized carbons (Fsp3) is 0.286. The highest BCUT2D eigenvalue weighted by Crippen LogP contribution is 2.28. The largest absolute Gasteiger partial charge is 0.493 e. The summed E-state index contributed by atoms with van der Waals surface area (Å²) in [5.41, 5.74) is 0.818. The number of para-hydroxylation sites is 1. The first kappa shape index (κ1) is 14.1. The highest BCUT2D eigenvalue weighted by molar-refractivity contribution is 5.63. The summed E-state index contributed by atoms with van der Waals surface area (Å²) in [6, 6.07) is 8.75. The predicted molar refractivity (Wildman–Crippen MR) is 78.5 cm³/mol. The third kappa shape index (κ3) is 2.90. The second-order valence-electron chi connectivity index (χ2n) is 4.65. The number of benzene rings is 1. The Morgan fingerprint density at radius 2 is 2.00 bits per heavy atom. The van der Waals surface area contributed by atoms with Crippen LogP contribution in [0.1, 0.15) is 25.2 Å². The zero-order chi connectivity index (χ0) is 15.4. The number of hydrogen-bond acceptors (Lipinski definition) is 7. The third-order valence-corrected chi connectivity index (χ3v) is 2.99. The number of hydrogen-bond donors (Lipinski definition) is 1. The Kier molecular flexibility index (Phi) is 3.99. The van der Waals surface area contributed by atoms with Gasteiger partial charge in [0.05, 0.1) is 17.9 Å². The van der Waals surface area contributed by atoms with Crippen molar-refractivity contribution in [3.05, 3.63) is 46.4 Å². The van der Waals surface area contributed by atoms with Crippen LogP contribution in [0.2, 0.25) is 0 Å². The lowest BCUT2D eigenvalue weighted by molar-refractivity contribution is 0.318. The van der Waals surface area contributed by atoms with E-state index in [1.807, 2.05) is 31.2 Å². The maximum atomic E-state index is 11.9. The van der Waals surface area contributed by atoms with Gasteiger partial charge in [-0.15, -0.1) is 10.2 Å². The minimum Gasteiger partial charge on any atom is -0.493 e. The van der Waals surface area contributed by atoms with Crippen LogP contribution in [-0.2, 0) is 0 Å². The number of H-pyrrole nitrogens is 1. The molecule has 2 heterocycles. The van der Waals surface area contributed by atoms with Crippen LogP contribution in [0.15, 0.2) is 55.8 Å². The Balaban J connectivity index is 2.03. The van der Waals surface area contributed by atoms with Gasteiger partial charge in [0.2, 0.25) is 6.17 Å². The van der Waals surface area contributed by atoms with Crippen LogP contribution in [0.4, 0.5) is 0 Å². The van der Waals surface area contributed by atoms with Gasteiger partial charge in [0, 0.05) is 6.07 Å². The molecule has 0 spiro atoms. The number of aromatic amines is 1. The van der Waals surface area contributed by atoms with E-state index in [0.29, 0.717) is 29.4 Å². The molecule has 2 aromatic rings. The molecule has 1 aromatic carbocycles. The summed E-state index contributed by atoms with van der Waals surface area (Å²) >= 11 is 0. The maximum absolute atomic E-state index is 11.9. The van der Waals surface area contributed by atoms with Crippen molar-refractivity contribution >= 4 is 0 Å². The minimum absolute atomic E-state index is 0.289. The SMILES string of the molecule is CCCOc1ccccc1-c1nc(C2N=NN=N2)cc(=O)[nH]1. The Hall–Kier alpha value is -2.90. The number of nitrogens with one attached hydrogen (secondary N) is 1. The van der Waals surface area contributed by atoms with E-state index in [9.17, 15) is 4.79 Å². The van der Waals surface area contributed by atoms with Crippen molar-refractivity contribution in [2.45, 2.75) is 19.5 Å². The van der Waals surface area contributed by atoms with Gasteiger partial charge < -0.3 is 9.72 Å². The van der Waals surface area contributed by atoms with E-state index in [0.717, 1.165) is 6.42 Å². The van der Waals surface area contributed by atoms with Crippen molar-refractivity contribution in [2.24, 2.45) is 20.7 Å². The quantitative estimate of drug-likeness (QED) is 0.916. The lowest BCUT2D eigenvalue weighted by Gasteiger charge is -2.11. The summed E-state index contributed by atoms with van der Waals surface area (Å²) in [5.74, 6) is 1.07. The minimum atomic E-state index is -0.662. The van der Waals surface area contributed by atoms with Crippen LogP contribution >= 0.6 is 0 Å². The van der Waals surface area contributed by atoms with Crippen LogP contribution in [0, 0.1) is 0 Å². The standard InChI is InChI=1S/C14H14N6O2/c1-2-7-22-11-6-4-3-5-9(11)13-15-10(8-12(21)16-13)14-17-19-20-18-14/h3-6,8,14H,2,7H2,1H3,(H,15,16,21). The fourth-order valence-corrected chi connectivity index (χ4v) is 2.02. The molecule has 8 heteroatoms. The molecule has 0 bridgehead atoms. The molecular weight excluding hydrogens is 284 g/mol. The van der Waals surface area contributed by atoms with Crippen molar-refractivity contribution in [2.75, 3.05) is 6.61 Å². The van der Waals surface area contributed by atoms with E-state index < -0.39 is 6.17 Å². The first-order valence-corrected chi connectivity index (χ1v) is 6.91. The number of aromatic nitrogens is 2. The molecule has 22 heavy (non-hydrogen) atoms. The van der Waals surface area contributed by atoms with Gasteiger partial charge in [-0.3, -0.25) is 4.79 Å². The average Bonchev–Trinajstić information content (AvgIpc) is 3.07. The molecule has 3 rings (SSSR count). The van der Waals surface area contributed by atoms with Gasteiger partial charge in [-0.25, -0.2) is 4.98 Å². The van der Waals surface area contributed by atoms with Gasteiger partial charge in [0.25, 0.3) is 5.56 Å². The van der Waals surface area contributed by atoms with Gasteiger partial charge in [-0.1, -0.05) is 19.1 Å². The molecule has 0 saturated carbocycles. The van der Waals surface area contributed by atoms with E-state index in [1.54, 1.807) is 0 Å². The summed E-state index contributed by atoms with van der Waals surface area (Å²) in [4.78, 5) is 19.0. The van der Waals surface area contributed by atoms with Gasteiger partial charge in [-0.05, 0) is 29.0 Å². The van der Waals surface area contributed by atoms with Crippen molar-refractivity contribution < 1.29 is 4.74 Å². The summed E-state index contributed by atoms with van der Waals surface area (Å²) in [7, 11) is 0. The zero-order valence-corrected chi connectivity index (χ0v) is 11.9. The first-order chi connectivity index (χ1) is 10.8. The zero-order valence-electron chi connectivity index (χ0n) is 11.9. The highest BCUT2D eigenvalue weighted by Gasteiger charge is 2.18. The number of nitrogens with zero attached hydrogens (tertiary/aromatic N) is 5. The molecule has 0 amide bonds. The van der Waals surface area contributed by atoms with Crippen molar-refractivity contribution in [3.8, 4) is 17.1 Å². The fourth-order valence-electron chi connectivity index (χ4n) is 2.02. The highest BCUT2D eigenvalue weighted by atomic mass is 16.5. The number of rotatable bonds is 5. The van der Waals surface area contributed by atoms with Crippen molar-refractivity contribution in [1.82, 2.24) is 9.97 Å². The van der Waals surface area contributed by atoms with E-state index in [4.69, 9.17) is 4.74 Å². The summed E-state index contributed by atoms with van der Waals surface area (Å²) in [6.45, 7) is 2.62. The molecule has 1 aliphatic heterocycles. The molecular formula is C14H14N6O2. The normalized spacial score (nSPS) is 13.7. The molecule has 0 unspecified atom stereocenters. The summed E-state index contributed by atoms with van der Waals surface area (Å²) < 4.78 is 5.70. The lowest BCUT2D eigenvalue weighted by Crippen LogP contribution is -2.12. The molecule has 1 aliphatic rings. The molecule has 0 aliphatic carbocycles. The van der Waals surface area contributed by atoms with E-state index in [-0.39, 0.29) is 5.56 Å². The molecule has 0 radical (unpaired) electrons. The van der Waals surface area contributed by atoms with Gasteiger partial charge in [0.1, 0.15) is 11.6 Å². The van der Waals surface area contributed by atoms with Gasteiger partial charge >= 0.3 is 0 Å². The molecule has 0 saturated heterocycles. The maximum Gasteiger partial charge on any atom is 0.251 e. The molecule has 8 nitrogen and oxygen atoms in total. The number of ether oxygens (including phenoxy) is 1. The molecule has 112 valence electrons. The van der Waals surface area contributed by atoms with Crippen molar-refractivity contribution in [1.29, 1.82) is 0 Å². The topological polar surface area (TPSA) is 104 Å². The monoisotopic (exact) mass is 298 g/mol. The van der Waals surface area contributed by atoms with Crippen LogP contribution in [-0.4, -0.2) is 16.6 Å². The van der Waals surface area contributed by atoms with Crippen LogP contribution < -0.4 is 10.3 Å². The summed E-state index contributed by atoms with van der Waals surface area (Å²) in [6.07, 6.45) is 0.228. The van der Waals surface area contributed by atoms with E-state index in [2.05, 4.69) is 30.6 Å². The molecule has 1 aromatic heterocycles. The third-order valence-electron chi connectivity index (χ3n) is 2.99. The molecule has 0 atom stereocenters.